The molecule has 0 saturated heterocycles. The number of aryl methyl sites for hydroxylation is 2. The summed E-state index contributed by atoms with van der Waals surface area (Å²) in [6.45, 7) is 2.05. The number of nitrogens with one attached hydrogen (secondary N) is 1. The minimum absolute atomic E-state index is 0.0822. The van der Waals surface area contributed by atoms with Crippen LogP contribution in [-0.4, -0.2) is 9.78 Å². The molecule has 2 rings (SSSR count). The highest BCUT2D eigenvalue weighted by atomic mass is 16.3. The predicted molar refractivity (Wildman–Crippen MR) is 60.5 cm³/mol. The number of hydrazine groups is 1. The Morgan fingerprint density at radius 3 is 2.94 bits per heavy atom. The third-order valence-electron chi connectivity index (χ3n) is 2.73. The number of nitrogens with two attached hydrogens (primary N) is 1. The zero-order valence-electron chi connectivity index (χ0n) is 9.47. The molecule has 0 aromatic carbocycles. The van der Waals surface area contributed by atoms with Crippen LogP contribution in [-0.2, 0) is 13.5 Å². The molecule has 2 aromatic heterocycles. The van der Waals surface area contributed by atoms with Gasteiger partial charge in [0.1, 0.15) is 5.76 Å². The van der Waals surface area contributed by atoms with Gasteiger partial charge >= 0.3 is 0 Å². The Bertz CT molecular complexity index is 460. The second-order valence-corrected chi connectivity index (χ2v) is 3.63. The second-order valence-electron chi connectivity index (χ2n) is 3.63. The molecule has 1 unspecified atom stereocenters. The van der Waals surface area contributed by atoms with E-state index in [2.05, 4.69) is 17.4 Å². The molecule has 0 amide bonds. The van der Waals surface area contributed by atoms with Gasteiger partial charge in [0.2, 0.25) is 0 Å². The van der Waals surface area contributed by atoms with E-state index in [4.69, 9.17) is 10.3 Å². The van der Waals surface area contributed by atoms with Crippen molar-refractivity contribution in [3.05, 3.63) is 41.6 Å². The van der Waals surface area contributed by atoms with Crippen LogP contribution in [0.1, 0.15) is 30.0 Å². The lowest BCUT2D eigenvalue weighted by Crippen LogP contribution is -2.30. The van der Waals surface area contributed by atoms with Gasteiger partial charge in [0.25, 0.3) is 0 Å². The van der Waals surface area contributed by atoms with Crippen molar-refractivity contribution in [2.45, 2.75) is 19.4 Å². The molecular formula is C11H16N4O. The summed E-state index contributed by atoms with van der Waals surface area (Å²) in [5, 5.41) is 4.14. The van der Waals surface area contributed by atoms with Crippen molar-refractivity contribution in [2.24, 2.45) is 12.9 Å². The Labute approximate surface area is 94.2 Å². The van der Waals surface area contributed by atoms with Crippen molar-refractivity contribution < 1.29 is 4.42 Å². The molecule has 2 aromatic rings. The molecular weight excluding hydrogens is 204 g/mol. The molecule has 0 spiro atoms. The summed E-state index contributed by atoms with van der Waals surface area (Å²) in [5.74, 6) is 6.56. The van der Waals surface area contributed by atoms with E-state index in [0.29, 0.717) is 0 Å². The molecule has 3 N–H and O–H groups in total. The van der Waals surface area contributed by atoms with Crippen molar-refractivity contribution in [1.82, 2.24) is 15.2 Å². The van der Waals surface area contributed by atoms with Gasteiger partial charge in [-0.15, -0.1) is 0 Å². The minimum Gasteiger partial charge on any atom is -0.469 e. The fourth-order valence-electron chi connectivity index (χ4n) is 1.90. The van der Waals surface area contributed by atoms with Crippen LogP contribution in [0.4, 0.5) is 0 Å². The number of rotatable bonds is 4. The van der Waals surface area contributed by atoms with Gasteiger partial charge in [-0.05, 0) is 12.1 Å². The quantitative estimate of drug-likeness (QED) is 0.598. The zero-order valence-corrected chi connectivity index (χ0v) is 9.47. The molecule has 0 bridgehead atoms. The van der Waals surface area contributed by atoms with E-state index in [1.54, 1.807) is 17.1 Å². The van der Waals surface area contributed by atoms with Crippen LogP contribution in [0, 0.1) is 0 Å². The molecule has 16 heavy (non-hydrogen) atoms. The normalized spacial score (nSPS) is 12.9. The molecule has 86 valence electrons. The lowest BCUT2D eigenvalue weighted by Gasteiger charge is -2.15. The van der Waals surface area contributed by atoms with Crippen molar-refractivity contribution in [3.63, 3.8) is 0 Å². The maximum atomic E-state index is 5.61. The molecule has 0 saturated carbocycles. The standard InChI is InChI=1S/C11H16N4O/c1-3-10-8(5-7-16-10)11(14-12)9-4-6-13-15(9)2/h4-7,11,14H,3,12H2,1-2H3. The molecule has 0 radical (unpaired) electrons. The maximum Gasteiger partial charge on any atom is 0.108 e. The van der Waals surface area contributed by atoms with E-state index < -0.39 is 0 Å². The van der Waals surface area contributed by atoms with Crippen LogP contribution < -0.4 is 11.3 Å². The Hall–Kier alpha value is -1.59. The number of nitrogens with zero attached hydrogens (tertiary/aromatic N) is 2. The summed E-state index contributed by atoms with van der Waals surface area (Å²) >= 11 is 0. The lowest BCUT2D eigenvalue weighted by molar-refractivity contribution is 0.496. The van der Waals surface area contributed by atoms with Gasteiger partial charge in [-0.3, -0.25) is 10.5 Å². The van der Waals surface area contributed by atoms with Crippen LogP contribution in [0.25, 0.3) is 0 Å². The van der Waals surface area contributed by atoms with Gasteiger partial charge in [0.15, 0.2) is 0 Å². The van der Waals surface area contributed by atoms with E-state index in [-0.39, 0.29) is 6.04 Å². The first-order valence-corrected chi connectivity index (χ1v) is 5.28. The van der Waals surface area contributed by atoms with Crippen molar-refractivity contribution in [3.8, 4) is 0 Å². The van der Waals surface area contributed by atoms with Crippen LogP contribution in [0.5, 0.6) is 0 Å². The maximum absolute atomic E-state index is 5.61. The Balaban J connectivity index is 2.40. The molecule has 0 fully saturated rings. The van der Waals surface area contributed by atoms with Gasteiger partial charge < -0.3 is 4.42 Å². The Morgan fingerprint density at radius 2 is 2.38 bits per heavy atom. The summed E-state index contributed by atoms with van der Waals surface area (Å²) in [5.41, 5.74) is 4.88. The highest BCUT2D eigenvalue weighted by Gasteiger charge is 2.20. The first-order valence-electron chi connectivity index (χ1n) is 5.28. The number of hydrogen-bond donors (Lipinski definition) is 2. The van der Waals surface area contributed by atoms with Crippen LogP contribution in [0.15, 0.2) is 29.0 Å². The fourth-order valence-corrected chi connectivity index (χ4v) is 1.90. The van der Waals surface area contributed by atoms with E-state index in [1.807, 2.05) is 19.2 Å². The Morgan fingerprint density at radius 1 is 1.56 bits per heavy atom. The highest BCUT2D eigenvalue weighted by Crippen LogP contribution is 2.25. The molecule has 0 aliphatic heterocycles. The third-order valence-corrected chi connectivity index (χ3v) is 2.73. The van der Waals surface area contributed by atoms with Gasteiger partial charge in [0, 0.05) is 25.2 Å². The fraction of sp³-hybridized carbons (Fsp3) is 0.364. The molecule has 1 atom stereocenters. The van der Waals surface area contributed by atoms with E-state index in [9.17, 15) is 0 Å². The minimum atomic E-state index is -0.0822. The average molecular weight is 220 g/mol. The molecule has 5 heteroatoms. The first kappa shape index (κ1) is 10.9. The summed E-state index contributed by atoms with van der Waals surface area (Å²) in [4.78, 5) is 0. The number of aromatic nitrogens is 2. The largest absolute Gasteiger partial charge is 0.469 e. The molecule has 2 heterocycles. The summed E-state index contributed by atoms with van der Waals surface area (Å²) < 4.78 is 7.21. The van der Waals surface area contributed by atoms with E-state index in [0.717, 1.165) is 23.4 Å². The van der Waals surface area contributed by atoms with Crippen molar-refractivity contribution >= 4 is 0 Å². The predicted octanol–water partition coefficient (Wildman–Crippen LogP) is 1.13. The van der Waals surface area contributed by atoms with Gasteiger partial charge in [-0.2, -0.15) is 5.10 Å². The Kier molecular flexibility index (Phi) is 3.07. The van der Waals surface area contributed by atoms with Crippen LogP contribution in [0.2, 0.25) is 0 Å². The number of hydrogen-bond acceptors (Lipinski definition) is 4. The monoisotopic (exact) mass is 220 g/mol. The van der Waals surface area contributed by atoms with Crippen molar-refractivity contribution in [1.29, 1.82) is 0 Å². The first-order chi connectivity index (χ1) is 7.77. The SMILES string of the molecule is CCc1occc1C(NN)c1ccnn1C. The van der Waals surface area contributed by atoms with Gasteiger partial charge in [-0.1, -0.05) is 6.92 Å². The van der Waals surface area contributed by atoms with E-state index in [1.165, 1.54) is 0 Å². The van der Waals surface area contributed by atoms with Crippen molar-refractivity contribution in [2.75, 3.05) is 0 Å². The summed E-state index contributed by atoms with van der Waals surface area (Å²) in [6, 6.07) is 3.80. The van der Waals surface area contributed by atoms with Crippen LogP contribution in [0.3, 0.4) is 0 Å². The second kappa shape index (κ2) is 4.51. The lowest BCUT2D eigenvalue weighted by atomic mass is 10.0. The summed E-state index contributed by atoms with van der Waals surface area (Å²) in [6.07, 6.45) is 4.29. The molecule has 5 nitrogen and oxygen atoms in total. The molecule has 0 aliphatic carbocycles. The smallest absolute Gasteiger partial charge is 0.108 e. The van der Waals surface area contributed by atoms with Gasteiger partial charge in [0.05, 0.1) is 18.0 Å². The zero-order chi connectivity index (χ0) is 11.5. The topological polar surface area (TPSA) is 69.0 Å². The van der Waals surface area contributed by atoms with Crippen LogP contribution >= 0.6 is 0 Å². The highest BCUT2D eigenvalue weighted by molar-refractivity contribution is 5.29. The number of furan rings is 1. The average Bonchev–Trinajstić information content (AvgIpc) is 2.90. The third kappa shape index (κ3) is 1.75. The van der Waals surface area contributed by atoms with Gasteiger partial charge in [-0.25, -0.2) is 5.43 Å². The van der Waals surface area contributed by atoms with E-state index >= 15 is 0 Å². The molecule has 0 aliphatic rings. The summed E-state index contributed by atoms with van der Waals surface area (Å²) in [7, 11) is 1.89.